The van der Waals surface area contributed by atoms with Gasteiger partial charge in [0.05, 0.1) is 6.26 Å². The van der Waals surface area contributed by atoms with Crippen LogP contribution in [0.1, 0.15) is 16.2 Å². The summed E-state index contributed by atoms with van der Waals surface area (Å²) < 4.78 is 4.92. The van der Waals surface area contributed by atoms with E-state index in [1.165, 1.54) is 6.26 Å². The summed E-state index contributed by atoms with van der Waals surface area (Å²) in [4.78, 5) is 11.4. The van der Waals surface area contributed by atoms with Gasteiger partial charge in [-0.1, -0.05) is 0 Å². The van der Waals surface area contributed by atoms with Crippen molar-refractivity contribution in [3.8, 4) is 0 Å². The molecule has 5 nitrogen and oxygen atoms in total. The Labute approximate surface area is 80.1 Å². The Kier molecular flexibility index (Phi) is 2.06. The Bertz CT molecular complexity index is 431. The van der Waals surface area contributed by atoms with Crippen molar-refractivity contribution in [3.63, 3.8) is 0 Å². The van der Waals surface area contributed by atoms with Gasteiger partial charge in [-0.15, -0.1) is 0 Å². The highest BCUT2D eigenvalue weighted by atomic mass is 16.3. The Hall–Kier alpha value is -2.04. The van der Waals surface area contributed by atoms with E-state index >= 15 is 0 Å². The van der Waals surface area contributed by atoms with Gasteiger partial charge in [0.15, 0.2) is 11.6 Å². The molecule has 0 saturated carbocycles. The first kappa shape index (κ1) is 8.55. The van der Waals surface area contributed by atoms with Crippen LogP contribution in [0.4, 0.5) is 5.82 Å². The standard InChI is InChI=1S/C9H9N3O2/c1-6-5-8(12-11-6)10-9(13)7-3-2-4-14-7/h2-5H,1H3,(H2,10,11,12,13). The monoisotopic (exact) mass is 191 g/mol. The van der Waals surface area contributed by atoms with Crippen molar-refractivity contribution < 1.29 is 9.21 Å². The second-order valence-electron chi connectivity index (χ2n) is 2.87. The van der Waals surface area contributed by atoms with Gasteiger partial charge in [0.2, 0.25) is 0 Å². The number of carbonyl (C=O) groups is 1. The zero-order valence-corrected chi connectivity index (χ0v) is 7.57. The number of aromatic amines is 1. The molecule has 0 bridgehead atoms. The maximum Gasteiger partial charge on any atom is 0.292 e. The number of furan rings is 1. The molecular weight excluding hydrogens is 182 g/mol. The van der Waals surface area contributed by atoms with Crippen molar-refractivity contribution in [2.45, 2.75) is 6.92 Å². The van der Waals surface area contributed by atoms with Crippen molar-refractivity contribution in [3.05, 3.63) is 35.9 Å². The number of amides is 1. The van der Waals surface area contributed by atoms with E-state index in [0.29, 0.717) is 5.82 Å². The highest BCUT2D eigenvalue weighted by Gasteiger charge is 2.09. The lowest BCUT2D eigenvalue weighted by atomic mass is 10.4. The minimum absolute atomic E-state index is 0.269. The summed E-state index contributed by atoms with van der Waals surface area (Å²) in [6, 6.07) is 4.99. The second kappa shape index (κ2) is 3.37. The highest BCUT2D eigenvalue weighted by Crippen LogP contribution is 2.07. The summed E-state index contributed by atoms with van der Waals surface area (Å²) >= 11 is 0. The first-order valence-electron chi connectivity index (χ1n) is 4.12. The van der Waals surface area contributed by atoms with E-state index in [-0.39, 0.29) is 11.7 Å². The van der Waals surface area contributed by atoms with Gasteiger partial charge in [0, 0.05) is 11.8 Å². The lowest BCUT2D eigenvalue weighted by molar-refractivity contribution is 0.0996. The molecule has 0 aliphatic carbocycles. The molecule has 5 heteroatoms. The molecule has 0 atom stereocenters. The third-order valence-electron chi connectivity index (χ3n) is 1.69. The summed E-state index contributed by atoms with van der Waals surface area (Å²) in [5, 5.41) is 9.18. The molecule has 2 rings (SSSR count). The number of nitrogens with zero attached hydrogens (tertiary/aromatic N) is 1. The summed E-state index contributed by atoms with van der Waals surface area (Å²) in [5.74, 6) is 0.455. The van der Waals surface area contributed by atoms with Gasteiger partial charge in [-0.2, -0.15) is 5.10 Å². The van der Waals surface area contributed by atoms with Gasteiger partial charge < -0.3 is 9.73 Å². The van der Waals surface area contributed by atoms with Crippen LogP contribution in [-0.2, 0) is 0 Å². The molecule has 72 valence electrons. The summed E-state index contributed by atoms with van der Waals surface area (Å²) in [5.41, 5.74) is 0.889. The fourth-order valence-electron chi connectivity index (χ4n) is 1.07. The molecular formula is C9H9N3O2. The Morgan fingerprint density at radius 3 is 3.07 bits per heavy atom. The van der Waals surface area contributed by atoms with Crippen LogP contribution in [0.5, 0.6) is 0 Å². The van der Waals surface area contributed by atoms with Crippen LogP contribution in [0.2, 0.25) is 0 Å². The number of carbonyl (C=O) groups excluding carboxylic acids is 1. The molecule has 0 unspecified atom stereocenters. The van der Waals surface area contributed by atoms with E-state index in [2.05, 4.69) is 15.5 Å². The predicted octanol–water partition coefficient (Wildman–Crippen LogP) is 1.56. The molecule has 0 aliphatic heterocycles. The van der Waals surface area contributed by atoms with Gasteiger partial charge in [-0.25, -0.2) is 0 Å². The first-order valence-corrected chi connectivity index (χ1v) is 4.12. The number of H-pyrrole nitrogens is 1. The first-order chi connectivity index (χ1) is 6.75. The fraction of sp³-hybridized carbons (Fsp3) is 0.111. The largest absolute Gasteiger partial charge is 0.459 e. The molecule has 0 spiro atoms. The van der Waals surface area contributed by atoms with Crippen molar-refractivity contribution in [2.75, 3.05) is 5.32 Å². The molecule has 2 aromatic rings. The number of aryl methyl sites for hydroxylation is 1. The van der Waals surface area contributed by atoms with Crippen LogP contribution in [-0.4, -0.2) is 16.1 Å². The van der Waals surface area contributed by atoms with Crippen LogP contribution in [0, 0.1) is 6.92 Å². The topological polar surface area (TPSA) is 70.9 Å². The Morgan fingerprint density at radius 1 is 1.64 bits per heavy atom. The van der Waals surface area contributed by atoms with Gasteiger partial charge in [-0.05, 0) is 19.1 Å². The predicted molar refractivity (Wildman–Crippen MR) is 50.0 cm³/mol. The van der Waals surface area contributed by atoms with Gasteiger partial charge in [-0.3, -0.25) is 9.89 Å². The highest BCUT2D eigenvalue weighted by molar-refractivity contribution is 6.01. The SMILES string of the molecule is Cc1cc(NC(=O)c2ccco2)n[nH]1. The lowest BCUT2D eigenvalue weighted by Crippen LogP contribution is -2.10. The number of aromatic nitrogens is 2. The minimum Gasteiger partial charge on any atom is -0.459 e. The maximum atomic E-state index is 11.4. The molecule has 0 aliphatic rings. The number of nitrogens with one attached hydrogen (secondary N) is 2. The second-order valence-corrected chi connectivity index (χ2v) is 2.87. The number of hydrogen-bond donors (Lipinski definition) is 2. The number of rotatable bonds is 2. The smallest absolute Gasteiger partial charge is 0.292 e. The lowest BCUT2D eigenvalue weighted by Gasteiger charge is -1.96. The van der Waals surface area contributed by atoms with E-state index in [9.17, 15) is 4.79 Å². The maximum absolute atomic E-state index is 11.4. The van der Waals surface area contributed by atoms with Crippen molar-refractivity contribution in [2.24, 2.45) is 0 Å². The molecule has 0 aromatic carbocycles. The van der Waals surface area contributed by atoms with E-state index in [4.69, 9.17) is 4.42 Å². The van der Waals surface area contributed by atoms with Crippen molar-refractivity contribution in [1.82, 2.24) is 10.2 Å². The Morgan fingerprint density at radius 2 is 2.50 bits per heavy atom. The van der Waals surface area contributed by atoms with Crippen LogP contribution in [0.3, 0.4) is 0 Å². The van der Waals surface area contributed by atoms with Gasteiger partial charge in [0.25, 0.3) is 5.91 Å². The minimum atomic E-state index is -0.304. The van der Waals surface area contributed by atoms with E-state index in [1.807, 2.05) is 6.92 Å². The quantitative estimate of drug-likeness (QED) is 0.756. The molecule has 2 heterocycles. The summed E-state index contributed by atoms with van der Waals surface area (Å²) in [7, 11) is 0. The van der Waals surface area contributed by atoms with Crippen molar-refractivity contribution >= 4 is 11.7 Å². The number of anilines is 1. The summed E-state index contributed by atoms with van der Waals surface area (Å²) in [6.45, 7) is 1.86. The zero-order valence-electron chi connectivity index (χ0n) is 7.57. The van der Waals surface area contributed by atoms with Crippen LogP contribution >= 0.6 is 0 Å². The third-order valence-corrected chi connectivity index (χ3v) is 1.69. The van der Waals surface area contributed by atoms with E-state index < -0.39 is 0 Å². The van der Waals surface area contributed by atoms with Gasteiger partial charge >= 0.3 is 0 Å². The molecule has 2 N–H and O–H groups in total. The molecule has 2 aromatic heterocycles. The van der Waals surface area contributed by atoms with Crippen molar-refractivity contribution in [1.29, 1.82) is 0 Å². The molecule has 1 amide bonds. The third kappa shape index (κ3) is 1.66. The number of hydrogen-bond acceptors (Lipinski definition) is 3. The zero-order chi connectivity index (χ0) is 9.97. The normalized spacial score (nSPS) is 10.1. The van der Waals surface area contributed by atoms with Gasteiger partial charge in [0.1, 0.15) is 0 Å². The van der Waals surface area contributed by atoms with E-state index in [0.717, 1.165) is 5.69 Å². The summed E-state index contributed by atoms with van der Waals surface area (Å²) in [6.07, 6.45) is 1.45. The van der Waals surface area contributed by atoms with E-state index in [1.54, 1.807) is 18.2 Å². The van der Waals surface area contributed by atoms with Crippen LogP contribution in [0.25, 0.3) is 0 Å². The van der Waals surface area contributed by atoms with Crippen LogP contribution < -0.4 is 5.32 Å². The average molecular weight is 191 g/mol. The fourth-order valence-corrected chi connectivity index (χ4v) is 1.07. The molecule has 0 fully saturated rings. The Balaban J connectivity index is 2.09. The average Bonchev–Trinajstić information content (AvgIpc) is 2.75. The molecule has 14 heavy (non-hydrogen) atoms. The van der Waals surface area contributed by atoms with Crippen LogP contribution in [0.15, 0.2) is 28.9 Å². The molecule has 0 saturated heterocycles. The molecule has 0 radical (unpaired) electrons.